The van der Waals surface area contributed by atoms with Gasteiger partial charge in [-0.2, -0.15) is 0 Å². The third kappa shape index (κ3) is 2.54. The van der Waals surface area contributed by atoms with Gasteiger partial charge in [-0.1, -0.05) is 0 Å². The topological polar surface area (TPSA) is 70.8 Å². The van der Waals surface area contributed by atoms with Crippen molar-refractivity contribution in [1.29, 1.82) is 0 Å². The maximum absolute atomic E-state index is 11.3. The van der Waals surface area contributed by atoms with Crippen molar-refractivity contribution in [2.24, 2.45) is 11.1 Å². The van der Waals surface area contributed by atoms with Gasteiger partial charge in [0.25, 0.3) is 0 Å². The van der Waals surface area contributed by atoms with E-state index < -0.39 is 5.41 Å². The second kappa shape index (κ2) is 5.39. The Hall–Kier alpha value is -0.360. The van der Waals surface area contributed by atoms with E-state index in [1.165, 1.54) is 7.11 Å². The van der Waals surface area contributed by atoms with Gasteiger partial charge < -0.3 is 10.5 Å². The third-order valence-electron chi connectivity index (χ3n) is 2.09. The number of nitrogens with two attached hydrogens (primary N) is 1. The summed E-state index contributed by atoms with van der Waals surface area (Å²) in [7, 11) is 1.34. The van der Waals surface area contributed by atoms with E-state index in [-0.39, 0.29) is 31.5 Å². The van der Waals surface area contributed by atoms with Crippen LogP contribution in [-0.2, 0) is 19.3 Å². The Labute approximate surface area is 82.8 Å². The molecular weight excluding hydrogens is 198 g/mol. The summed E-state index contributed by atoms with van der Waals surface area (Å²) in [4.78, 5) is 20.7. The average molecular weight is 212 g/mol. The van der Waals surface area contributed by atoms with Crippen molar-refractivity contribution in [3.63, 3.8) is 0 Å². The molecule has 0 bridgehead atoms. The van der Waals surface area contributed by atoms with Crippen molar-refractivity contribution in [3.05, 3.63) is 0 Å². The fourth-order valence-electron chi connectivity index (χ4n) is 1.14. The van der Waals surface area contributed by atoms with E-state index in [0.29, 0.717) is 13.0 Å². The SMILES string of the molecule is COC(=O)C1(CN)CCOOC1.Cl. The zero-order valence-electron chi connectivity index (χ0n) is 7.45. The predicted octanol–water partition coefficient (Wildman–Crippen LogP) is -0.122. The van der Waals surface area contributed by atoms with Crippen LogP contribution in [0.3, 0.4) is 0 Å². The zero-order valence-corrected chi connectivity index (χ0v) is 8.26. The molecule has 1 heterocycles. The highest BCUT2D eigenvalue weighted by molar-refractivity contribution is 5.85. The molecule has 0 aromatic carbocycles. The van der Waals surface area contributed by atoms with Crippen LogP contribution in [0.5, 0.6) is 0 Å². The van der Waals surface area contributed by atoms with Crippen LogP contribution in [0, 0.1) is 5.41 Å². The van der Waals surface area contributed by atoms with Crippen molar-refractivity contribution in [1.82, 2.24) is 0 Å². The van der Waals surface area contributed by atoms with E-state index in [1.54, 1.807) is 0 Å². The molecule has 0 radical (unpaired) electrons. The molecule has 0 aliphatic carbocycles. The summed E-state index contributed by atoms with van der Waals surface area (Å²) < 4.78 is 4.63. The van der Waals surface area contributed by atoms with Crippen LogP contribution in [0.1, 0.15) is 6.42 Å². The molecule has 1 aliphatic heterocycles. The maximum Gasteiger partial charge on any atom is 0.315 e. The summed E-state index contributed by atoms with van der Waals surface area (Å²) in [6.45, 7) is 0.783. The molecule has 78 valence electrons. The van der Waals surface area contributed by atoms with Crippen molar-refractivity contribution in [3.8, 4) is 0 Å². The Bertz CT molecular complexity index is 170. The Morgan fingerprint density at radius 1 is 1.62 bits per heavy atom. The molecule has 1 atom stereocenters. The standard InChI is InChI=1S/C7H13NO4.ClH/c1-10-6(9)7(4-8)2-3-11-12-5-7;/h2-5,8H2,1H3;1H. The van der Waals surface area contributed by atoms with Crippen LogP contribution >= 0.6 is 12.4 Å². The number of carbonyl (C=O) groups is 1. The minimum Gasteiger partial charge on any atom is -0.468 e. The Balaban J connectivity index is 0.00000144. The minimum absolute atomic E-state index is 0. The molecule has 1 aliphatic rings. The van der Waals surface area contributed by atoms with Gasteiger partial charge in [-0.15, -0.1) is 12.4 Å². The summed E-state index contributed by atoms with van der Waals surface area (Å²) in [6.07, 6.45) is 0.552. The van der Waals surface area contributed by atoms with Gasteiger partial charge in [-0.25, -0.2) is 9.78 Å². The van der Waals surface area contributed by atoms with Gasteiger partial charge >= 0.3 is 5.97 Å². The first-order chi connectivity index (χ1) is 5.75. The molecular formula is C7H14ClNO4. The number of methoxy groups -OCH3 is 1. The fraction of sp³-hybridized carbons (Fsp3) is 0.857. The average Bonchev–Trinajstić information content (AvgIpc) is 2.17. The third-order valence-corrected chi connectivity index (χ3v) is 2.09. The number of ether oxygens (including phenoxy) is 1. The van der Waals surface area contributed by atoms with Gasteiger partial charge in [-0.3, -0.25) is 4.79 Å². The highest BCUT2D eigenvalue weighted by Gasteiger charge is 2.41. The number of hydrogen-bond acceptors (Lipinski definition) is 5. The van der Waals surface area contributed by atoms with E-state index in [0.717, 1.165) is 0 Å². The summed E-state index contributed by atoms with van der Waals surface area (Å²) >= 11 is 0. The zero-order chi connectivity index (χ0) is 9.03. The number of carbonyl (C=O) groups excluding carboxylic acids is 1. The van der Waals surface area contributed by atoms with Crippen molar-refractivity contribution in [2.75, 3.05) is 26.9 Å². The van der Waals surface area contributed by atoms with Crippen LogP contribution in [0.15, 0.2) is 0 Å². The minimum atomic E-state index is -0.701. The molecule has 13 heavy (non-hydrogen) atoms. The van der Waals surface area contributed by atoms with Gasteiger partial charge in [0.1, 0.15) is 5.41 Å². The molecule has 0 saturated carbocycles. The number of hydrogen-bond donors (Lipinski definition) is 1. The molecule has 2 N–H and O–H groups in total. The molecule has 1 rings (SSSR count). The van der Waals surface area contributed by atoms with Crippen molar-refractivity contribution in [2.45, 2.75) is 6.42 Å². The van der Waals surface area contributed by atoms with E-state index in [4.69, 9.17) is 10.6 Å². The van der Waals surface area contributed by atoms with Gasteiger partial charge in [0.05, 0.1) is 20.3 Å². The number of halogens is 1. The first-order valence-electron chi connectivity index (χ1n) is 3.78. The molecule has 1 saturated heterocycles. The molecule has 0 aromatic rings. The summed E-state index contributed by atoms with van der Waals surface area (Å²) in [5.74, 6) is -0.326. The van der Waals surface area contributed by atoms with Gasteiger partial charge in [0.2, 0.25) is 0 Å². The monoisotopic (exact) mass is 211 g/mol. The lowest BCUT2D eigenvalue weighted by atomic mass is 9.85. The molecule has 1 fully saturated rings. The van der Waals surface area contributed by atoms with Gasteiger partial charge in [-0.05, 0) is 6.42 Å². The second-order valence-corrected chi connectivity index (χ2v) is 2.81. The first kappa shape index (κ1) is 12.6. The molecule has 6 heteroatoms. The van der Waals surface area contributed by atoms with Crippen LogP contribution in [0.2, 0.25) is 0 Å². The first-order valence-corrected chi connectivity index (χ1v) is 3.78. The molecule has 5 nitrogen and oxygen atoms in total. The van der Waals surface area contributed by atoms with E-state index in [9.17, 15) is 4.79 Å². The summed E-state index contributed by atoms with van der Waals surface area (Å²) in [6, 6.07) is 0. The van der Waals surface area contributed by atoms with Crippen molar-refractivity contribution >= 4 is 18.4 Å². The van der Waals surface area contributed by atoms with Crippen LogP contribution in [-0.4, -0.2) is 32.8 Å². The number of rotatable bonds is 2. The lowest BCUT2D eigenvalue weighted by Gasteiger charge is -2.31. The Kier molecular flexibility index (Phi) is 5.24. The highest BCUT2D eigenvalue weighted by atomic mass is 35.5. The normalized spacial score (nSPS) is 27.5. The van der Waals surface area contributed by atoms with E-state index >= 15 is 0 Å². The lowest BCUT2D eigenvalue weighted by molar-refractivity contribution is -0.335. The van der Waals surface area contributed by atoms with Crippen LogP contribution in [0.4, 0.5) is 0 Å². The fourth-order valence-corrected chi connectivity index (χ4v) is 1.14. The summed E-state index contributed by atoms with van der Waals surface area (Å²) in [5, 5.41) is 0. The van der Waals surface area contributed by atoms with Crippen molar-refractivity contribution < 1.29 is 19.3 Å². The largest absolute Gasteiger partial charge is 0.468 e. The molecule has 0 amide bonds. The van der Waals surface area contributed by atoms with E-state index in [1.807, 2.05) is 0 Å². The quantitative estimate of drug-likeness (QED) is 0.509. The maximum atomic E-state index is 11.3. The summed E-state index contributed by atoms with van der Waals surface area (Å²) in [5.41, 5.74) is 4.78. The van der Waals surface area contributed by atoms with Crippen LogP contribution < -0.4 is 5.73 Å². The Morgan fingerprint density at radius 2 is 2.31 bits per heavy atom. The molecule has 1 unspecified atom stereocenters. The molecule has 0 spiro atoms. The smallest absolute Gasteiger partial charge is 0.315 e. The predicted molar refractivity (Wildman–Crippen MR) is 47.3 cm³/mol. The highest BCUT2D eigenvalue weighted by Crippen LogP contribution is 2.26. The van der Waals surface area contributed by atoms with E-state index in [2.05, 4.69) is 9.62 Å². The number of esters is 1. The van der Waals surface area contributed by atoms with Gasteiger partial charge in [0, 0.05) is 6.54 Å². The molecule has 0 aromatic heterocycles. The lowest BCUT2D eigenvalue weighted by Crippen LogP contribution is -2.46. The second-order valence-electron chi connectivity index (χ2n) is 2.81. The van der Waals surface area contributed by atoms with Gasteiger partial charge in [0.15, 0.2) is 0 Å². The van der Waals surface area contributed by atoms with Crippen LogP contribution in [0.25, 0.3) is 0 Å². The Morgan fingerprint density at radius 3 is 2.69 bits per heavy atom.